The van der Waals surface area contributed by atoms with Crippen LogP contribution in [0.4, 0.5) is 0 Å². The minimum Gasteiger partial charge on any atom is -0.422 e. The molecule has 0 aliphatic heterocycles. The van der Waals surface area contributed by atoms with Crippen LogP contribution in [0.25, 0.3) is 11.1 Å². The van der Waals surface area contributed by atoms with Crippen LogP contribution >= 0.6 is 0 Å². The van der Waals surface area contributed by atoms with E-state index in [1.165, 1.54) is 50.5 Å². The molecule has 0 N–H and O–H groups in total. The number of nitrogens with zero attached hydrogens (tertiary/aromatic N) is 1. The minimum absolute atomic E-state index is 0.315. The van der Waals surface area contributed by atoms with Gasteiger partial charge in [-0.3, -0.25) is 0 Å². The molecule has 0 fully saturated rings. The number of esters is 1. The Bertz CT molecular complexity index is 1110. The highest BCUT2D eigenvalue weighted by atomic mass is 16.5. The molecule has 0 bridgehead atoms. The number of unbranched alkanes of at least 4 members (excludes halogenated alkanes) is 6. The molecule has 0 atom stereocenters. The molecule has 0 aliphatic carbocycles. The van der Waals surface area contributed by atoms with E-state index in [-0.39, 0.29) is 0 Å². The maximum atomic E-state index is 12.7. The van der Waals surface area contributed by atoms with E-state index in [0.717, 1.165) is 36.0 Å². The Morgan fingerprint density at radius 1 is 0.714 bits per heavy atom. The van der Waals surface area contributed by atoms with Crippen molar-refractivity contribution in [1.29, 1.82) is 5.26 Å². The number of hydrogen-bond acceptors (Lipinski definition) is 3. The SMILES string of the molecule is CCCCCCCc1ccc(OC(=O)c2ccc(-c3ccc(CCCCC)cc3)cc2)c(C#N)c1. The predicted molar refractivity (Wildman–Crippen MR) is 144 cm³/mol. The number of ether oxygens (including phenoxy) is 1. The van der Waals surface area contributed by atoms with Crippen molar-refractivity contribution in [1.82, 2.24) is 0 Å². The molecule has 3 aromatic rings. The molecule has 0 amide bonds. The largest absolute Gasteiger partial charge is 0.422 e. The van der Waals surface area contributed by atoms with Crippen LogP contribution in [-0.2, 0) is 12.8 Å². The Morgan fingerprint density at radius 3 is 1.91 bits per heavy atom. The summed E-state index contributed by atoms with van der Waals surface area (Å²) in [5.41, 5.74) is 5.52. The zero-order valence-electron chi connectivity index (χ0n) is 21.2. The fourth-order valence-electron chi connectivity index (χ4n) is 4.24. The van der Waals surface area contributed by atoms with Gasteiger partial charge in [-0.1, -0.05) is 94.8 Å². The molecule has 3 rings (SSSR count). The number of hydrogen-bond donors (Lipinski definition) is 0. The predicted octanol–water partition coefficient (Wildman–Crippen LogP) is 8.69. The van der Waals surface area contributed by atoms with Crippen molar-refractivity contribution in [2.75, 3.05) is 0 Å². The fraction of sp³-hybridized carbons (Fsp3) is 0.375. The molecule has 0 heterocycles. The lowest BCUT2D eigenvalue weighted by Crippen LogP contribution is -2.09. The number of nitriles is 1. The summed E-state index contributed by atoms with van der Waals surface area (Å²) in [7, 11) is 0. The van der Waals surface area contributed by atoms with E-state index in [9.17, 15) is 10.1 Å². The Morgan fingerprint density at radius 2 is 1.26 bits per heavy atom. The van der Waals surface area contributed by atoms with Crippen LogP contribution in [0.2, 0.25) is 0 Å². The number of rotatable bonds is 13. The van der Waals surface area contributed by atoms with E-state index in [2.05, 4.69) is 44.2 Å². The second-order valence-corrected chi connectivity index (χ2v) is 9.23. The van der Waals surface area contributed by atoms with Crippen LogP contribution in [0, 0.1) is 11.3 Å². The second-order valence-electron chi connectivity index (χ2n) is 9.23. The number of carbonyl (C=O) groups excluding carboxylic acids is 1. The van der Waals surface area contributed by atoms with Gasteiger partial charge in [0.25, 0.3) is 0 Å². The molecule has 0 spiro atoms. The van der Waals surface area contributed by atoms with E-state index in [1.54, 1.807) is 18.2 Å². The van der Waals surface area contributed by atoms with Crippen molar-refractivity contribution in [3.05, 3.63) is 89.0 Å². The molecule has 3 heteroatoms. The van der Waals surface area contributed by atoms with E-state index in [1.807, 2.05) is 24.3 Å². The molecule has 0 aromatic heterocycles. The van der Waals surface area contributed by atoms with Crippen molar-refractivity contribution in [3.8, 4) is 22.9 Å². The van der Waals surface area contributed by atoms with Gasteiger partial charge in [0.2, 0.25) is 0 Å². The summed E-state index contributed by atoms with van der Waals surface area (Å²) in [4.78, 5) is 12.7. The summed E-state index contributed by atoms with van der Waals surface area (Å²) in [5.74, 6) is -0.137. The zero-order chi connectivity index (χ0) is 24.9. The van der Waals surface area contributed by atoms with Crippen LogP contribution in [0.5, 0.6) is 5.75 Å². The minimum atomic E-state index is -0.452. The molecule has 0 saturated heterocycles. The summed E-state index contributed by atoms with van der Waals surface area (Å²) in [6.45, 7) is 4.43. The first-order valence-corrected chi connectivity index (χ1v) is 13.1. The monoisotopic (exact) mass is 467 g/mol. The summed E-state index contributed by atoms with van der Waals surface area (Å²) < 4.78 is 5.58. The van der Waals surface area contributed by atoms with Crippen LogP contribution in [0.15, 0.2) is 66.7 Å². The van der Waals surface area contributed by atoms with Crippen molar-refractivity contribution in [2.45, 2.75) is 78.1 Å². The molecule has 3 aromatic carbocycles. The molecule has 0 aliphatic rings. The van der Waals surface area contributed by atoms with Crippen molar-refractivity contribution < 1.29 is 9.53 Å². The summed E-state index contributed by atoms with van der Waals surface area (Å²) in [5, 5.41) is 9.57. The third-order valence-electron chi connectivity index (χ3n) is 6.41. The quantitative estimate of drug-likeness (QED) is 0.143. The van der Waals surface area contributed by atoms with Crippen LogP contribution < -0.4 is 4.74 Å². The van der Waals surface area contributed by atoms with Gasteiger partial charge in [-0.05, 0) is 72.2 Å². The van der Waals surface area contributed by atoms with Gasteiger partial charge in [-0.25, -0.2) is 4.79 Å². The van der Waals surface area contributed by atoms with E-state index < -0.39 is 5.97 Å². The lowest BCUT2D eigenvalue weighted by Gasteiger charge is -2.09. The fourth-order valence-corrected chi connectivity index (χ4v) is 4.24. The molecule has 0 saturated carbocycles. The van der Waals surface area contributed by atoms with Gasteiger partial charge in [-0.15, -0.1) is 0 Å². The van der Waals surface area contributed by atoms with Crippen LogP contribution in [0.1, 0.15) is 92.3 Å². The van der Waals surface area contributed by atoms with Crippen molar-refractivity contribution in [2.24, 2.45) is 0 Å². The standard InChI is InChI=1S/C32H37NO2/c1-3-5-7-8-10-12-26-15-22-31(30(23-26)24-33)35-32(34)29-20-18-28(19-21-29)27-16-13-25(14-17-27)11-9-6-4-2/h13-23H,3-12H2,1-2H3. The highest BCUT2D eigenvalue weighted by molar-refractivity contribution is 5.92. The smallest absolute Gasteiger partial charge is 0.343 e. The molecular weight excluding hydrogens is 430 g/mol. The lowest BCUT2D eigenvalue weighted by molar-refractivity contribution is 0.0734. The normalized spacial score (nSPS) is 10.7. The number of benzene rings is 3. The number of aryl methyl sites for hydroxylation is 2. The zero-order valence-corrected chi connectivity index (χ0v) is 21.2. The lowest BCUT2D eigenvalue weighted by atomic mass is 10.0. The van der Waals surface area contributed by atoms with Gasteiger partial charge in [0.1, 0.15) is 11.8 Å². The van der Waals surface area contributed by atoms with E-state index in [0.29, 0.717) is 16.9 Å². The third-order valence-corrected chi connectivity index (χ3v) is 6.41. The van der Waals surface area contributed by atoms with Gasteiger partial charge in [0, 0.05) is 0 Å². The highest BCUT2D eigenvalue weighted by Gasteiger charge is 2.13. The van der Waals surface area contributed by atoms with Gasteiger partial charge in [0.05, 0.1) is 11.1 Å². The molecule has 3 nitrogen and oxygen atoms in total. The maximum Gasteiger partial charge on any atom is 0.343 e. The van der Waals surface area contributed by atoms with Gasteiger partial charge in [0.15, 0.2) is 0 Å². The Balaban J connectivity index is 1.59. The van der Waals surface area contributed by atoms with Gasteiger partial charge in [-0.2, -0.15) is 5.26 Å². The molecular formula is C32H37NO2. The molecule has 182 valence electrons. The Labute approximate surface area is 210 Å². The number of carbonyl (C=O) groups is 1. The van der Waals surface area contributed by atoms with Gasteiger partial charge >= 0.3 is 5.97 Å². The summed E-state index contributed by atoms with van der Waals surface area (Å²) in [6.07, 6.45) is 11.8. The molecule has 0 unspecified atom stereocenters. The average Bonchev–Trinajstić information content (AvgIpc) is 2.90. The van der Waals surface area contributed by atoms with Gasteiger partial charge < -0.3 is 4.74 Å². The van der Waals surface area contributed by atoms with Crippen LogP contribution in [-0.4, -0.2) is 5.97 Å². The molecule has 35 heavy (non-hydrogen) atoms. The third kappa shape index (κ3) is 8.11. The summed E-state index contributed by atoms with van der Waals surface area (Å²) >= 11 is 0. The van der Waals surface area contributed by atoms with E-state index in [4.69, 9.17) is 4.74 Å². The molecule has 0 radical (unpaired) electrons. The van der Waals surface area contributed by atoms with Crippen molar-refractivity contribution in [3.63, 3.8) is 0 Å². The average molecular weight is 468 g/mol. The topological polar surface area (TPSA) is 50.1 Å². The maximum absolute atomic E-state index is 12.7. The van der Waals surface area contributed by atoms with Crippen molar-refractivity contribution >= 4 is 5.97 Å². The van der Waals surface area contributed by atoms with E-state index >= 15 is 0 Å². The summed E-state index contributed by atoms with van der Waals surface area (Å²) in [6, 6.07) is 23.8. The second kappa shape index (κ2) is 14.1. The van der Waals surface area contributed by atoms with Crippen LogP contribution in [0.3, 0.4) is 0 Å². The first-order chi connectivity index (χ1) is 17.1. The Kier molecular flexibility index (Phi) is 10.6. The first kappa shape index (κ1) is 26.2. The first-order valence-electron chi connectivity index (χ1n) is 13.1. The highest BCUT2D eigenvalue weighted by Crippen LogP contribution is 2.24. The Hall–Kier alpha value is -3.38.